The molecule has 0 aliphatic heterocycles. The average molecular weight is 469 g/mol. The second kappa shape index (κ2) is 10.5. The summed E-state index contributed by atoms with van der Waals surface area (Å²) in [7, 11) is -2.47. The topological polar surface area (TPSA) is 85.8 Å². The predicted octanol–water partition coefficient (Wildman–Crippen LogP) is 4.83. The number of nitrogens with zero attached hydrogens (tertiary/aromatic N) is 2. The van der Waals surface area contributed by atoms with Gasteiger partial charge in [0.1, 0.15) is 5.60 Å². The Bertz CT molecular complexity index is 1050. The Hall–Kier alpha value is -2.42. The van der Waals surface area contributed by atoms with Gasteiger partial charge in [-0.05, 0) is 45.2 Å². The molecule has 0 N–H and O–H groups in total. The standard InChI is InChI=1S/C23H33FN2O5S/c1-7-8-12-26(22(27)31-23(3,4)5)14-16(2)15-32(28,29)19-11-9-10-17-20(19)18(24)13-25-21(17)30-6/h9-11,13,16H,7-8,12,14-15H2,1-6H3. The SMILES string of the molecule is CCCCN(CC(C)CS(=O)(=O)c1cccc2c(OC)ncc(F)c12)C(=O)OC(C)(C)C. The Balaban J connectivity index is 2.30. The number of carbonyl (C=O) groups is 1. The number of hydrogen-bond donors (Lipinski definition) is 0. The molecule has 0 aliphatic carbocycles. The van der Waals surface area contributed by atoms with E-state index in [2.05, 4.69) is 4.98 Å². The lowest BCUT2D eigenvalue weighted by Gasteiger charge is -2.29. The molecule has 0 fully saturated rings. The van der Waals surface area contributed by atoms with Gasteiger partial charge in [-0.15, -0.1) is 0 Å². The molecule has 0 spiro atoms. The van der Waals surface area contributed by atoms with Crippen molar-refractivity contribution in [2.75, 3.05) is 26.0 Å². The van der Waals surface area contributed by atoms with Crippen LogP contribution in [0.1, 0.15) is 47.5 Å². The van der Waals surface area contributed by atoms with Crippen LogP contribution in [-0.4, -0.2) is 55.9 Å². The lowest BCUT2D eigenvalue weighted by Crippen LogP contribution is -2.40. The molecule has 0 saturated heterocycles. The maximum absolute atomic E-state index is 14.6. The van der Waals surface area contributed by atoms with Crippen molar-refractivity contribution in [3.63, 3.8) is 0 Å². The van der Waals surface area contributed by atoms with Gasteiger partial charge in [-0.2, -0.15) is 0 Å². The Morgan fingerprint density at radius 1 is 1.28 bits per heavy atom. The van der Waals surface area contributed by atoms with E-state index in [-0.39, 0.29) is 28.5 Å². The van der Waals surface area contributed by atoms with Gasteiger partial charge in [0, 0.05) is 23.9 Å². The number of rotatable bonds is 9. The Morgan fingerprint density at radius 2 is 1.97 bits per heavy atom. The Kier molecular flexibility index (Phi) is 8.45. The first kappa shape index (κ1) is 25.8. The second-order valence-electron chi connectivity index (χ2n) is 8.96. The van der Waals surface area contributed by atoms with Crippen molar-refractivity contribution >= 4 is 26.7 Å². The summed E-state index contributed by atoms with van der Waals surface area (Å²) in [5.41, 5.74) is -0.648. The molecule has 9 heteroatoms. The normalized spacial score (nSPS) is 13.1. The molecular formula is C23H33FN2O5S. The van der Waals surface area contributed by atoms with Crippen LogP contribution in [0.3, 0.4) is 0 Å². The monoisotopic (exact) mass is 468 g/mol. The maximum Gasteiger partial charge on any atom is 0.410 e. The molecule has 32 heavy (non-hydrogen) atoms. The van der Waals surface area contributed by atoms with Crippen LogP contribution in [0.5, 0.6) is 5.88 Å². The van der Waals surface area contributed by atoms with Gasteiger partial charge in [-0.1, -0.05) is 26.3 Å². The van der Waals surface area contributed by atoms with E-state index >= 15 is 0 Å². The van der Waals surface area contributed by atoms with Crippen LogP contribution in [0.25, 0.3) is 10.8 Å². The molecule has 1 aromatic heterocycles. The number of sulfone groups is 1. The zero-order valence-corrected chi connectivity index (χ0v) is 20.5. The van der Waals surface area contributed by atoms with E-state index in [4.69, 9.17) is 9.47 Å². The van der Waals surface area contributed by atoms with Gasteiger partial charge in [0.05, 0.1) is 24.0 Å². The molecule has 1 aromatic carbocycles. The van der Waals surface area contributed by atoms with Gasteiger partial charge in [-0.25, -0.2) is 22.6 Å². The third kappa shape index (κ3) is 6.54. The van der Waals surface area contributed by atoms with Crippen molar-refractivity contribution in [2.45, 2.75) is 58.0 Å². The number of amides is 1. The van der Waals surface area contributed by atoms with E-state index in [1.807, 2.05) is 6.92 Å². The van der Waals surface area contributed by atoms with Crippen LogP contribution in [0.2, 0.25) is 0 Å². The number of unbranched alkanes of at least 4 members (excludes halogenated alkanes) is 1. The van der Waals surface area contributed by atoms with Crippen molar-refractivity contribution in [1.82, 2.24) is 9.88 Å². The summed E-state index contributed by atoms with van der Waals surface area (Å²) in [6.07, 6.45) is 2.15. The van der Waals surface area contributed by atoms with Crippen LogP contribution in [-0.2, 0) is 14.6 Å². The first-order valence-electron chi connectivity index (χ1n) is 10.7. The highest BCUT2D eigenvalue weighted by Crippen LogP contribution is 2.32. The largest absolute Gasteiger partial charge is 0.481 e. The van der Waals surface area contributed by atoms with E-state index in [9.17, 15) is 17.6 Å². The summed E-state index contributed by atoms with van der Waals surface area (Å²) in [5, 5.41) is 0.251. The molecule has 1 unspecified atom stereocenters. The lowest BCUT2D eigenvalue weighted by atomic mass is 10.1. The third-order valence-electron chi connectivity index (χ3n) is 4.79. The minimum atomic E-state index is -3.86. The van der Waals surface area contributed by atoms with E-state index in [0.717, 1.165) is 19.0 Å². The summed E-state index contributed by atoms with van der Waals surface area (Å²) in [6, 6.07) is 4.50. The van der Waals surface area contributed by atoms with Gasteiger partial charge < -0.3 is 14.4 Å². The Labute approximate surface area is 189 Å². The van der Waals surface area contributed by atoms with Crippen LogP contribution in [0, 0.1) is 11.7 Å². The predicted molar refractivity (Wildman–Crippen MR) is 122 cm³/mol. The molecule has 0 bridgehead atoms. The summed E-state index contributed by atoms with van der Waals surface area (Å²) >= 11 is 0. The van der Waals surface area contributed by atoms with Gasteiger partial charge in [-0.3, -0.25) is 0 Å². The smallest absolute Gasteiger partial charge is 0.410 e. The molecule has 1 heterocycles. The number of halogens is 1. The molecule has 1 atom stereocenters. The number of benzene rings is 1. The molecule has 0 saturated carbocycles. The highest BCUT2D eigenvalue weighted by Gasteiger charge is 2.28. The quantitative estimate of drug-likeness (QED) is 0.524. The molecule has 178 valence electrons. The molecular weight excluding hydrogens is 435 g/mol. The van der Waals surface area contributed by atoms with Gasteiger partial charge in [0.2, 0.25) is 5.88 Å². The molecule has 2 aromatic rings. The van der Waals surface area contributed by atoms with E-state index in [1.165, 1.54) is 19.2 Å². The summed E-state index contributed by atoms with van der Waals surface area (Å²) < 4.78 is 51.7. The van der Waals surface area contributed by atoms with Gasteiger partial charge >= 0.3 is 6.09 Å². The van der Waals surface area contributed by atoms with Gasteiger partial charge in [0.15, 0.2) is 15.7 Å². The van der Waals surface area contributed by atoms with Crippen molar-refractivity contribution in [3.05, 3.63) is 30.2 Å². The zero-order chi connectivity index (χ0) is 24.1. The molecule has 2 rings (SSSR count). The molecule has 1 amide bonds. The number of aromatic nitrogens is 1. The lowest BCUT2D eigenvalue weighted by molar-refractivity contribution is 0.0226. The van der Waals surface area contributed by atoms with Crippen molar-refractivity contribution < 1.29 is 27.1 Å². The first-order valence-corrected chi connectivity index (χ1v) is 12.4. The number of pyridine rings is 1. The molecule has 0 aliphatic rings. The highest BCUT2D eigenvalue weighted by molar-refractivity contribution is 7.91. The second-order valence-corrected chi connectivity index (χ2v) is 11.0. The fraction of sp³-hybridized carbons (Fsp3) is 0.565. The van der Waals surface area contributed by atoms with Crippen LogP contribution >= 0.6 is 0 Å². The molecule has 0 radical (unpaired) electrons. The number of methoxy groups -OCH3 is 1. The summed E-state index contributed by atoms with van der Waals surface area (Å²) in [5.74, 6) is -1.22. The average Bonchev–Trinajstić information content (AvgIpc) is 2.69. The van der Waals surface area contributed by atoms with E-state index in [0.29, 0.717) is 11.9 Å². The van der Waals surface area contributed by atoms with Crippen molar-refractivity contribution in [3.8, 4) is 5.88 Å². The summed E-state index contributed by atoms with van der Waals surface area (Å²) in [4.78, 5) is 17.9. The minimum Gasteiger partial charge on any atom is -0.481 e. The zero-order valence-electron chi connectivity index (χ0n) is 19.6. The number of carbonyl (C=O) groups excluding carboxylic acids is 1. The first-order chi connectivity index (χ1) is 14.9. The van der Waals surface area contributed by atoms with Crippen molar-refractivity contribution in [1.29, 1.82) is 0 Å². The van der Waals surface area contributed by atoms with E-state index < -0.39 is 33.3 Å². The fourth-order valence-electron chi connectivity index (χ4n) is 3.45. The number of hydrogen-bond acceptors (Lipinski definition) is 6. The van der Waals surface area contributed by atoms with Crippen LogP contribution < -0.4 is 4.74 Å². The van der Waals surface area contributed by atoms with E-state index in [1.54, 1.807) is 38.7 Å². The minimum absolute atomic E-state index is 0.0402. The highest BCUT2D eigenvalue weighted by atomic mass is 32.2. The summed E-state index contributed by atoms with van der Waals surface area (Å²) in [6.45, 7) is 9.82. The van der Waals surface area contributed by atoms with Gasteiger partial charge in [0.25, 0.3) is 0 Å². The van der Waals surface area contributed by atoms with Crippen molar-refractivity contribution in [2.24, 2.45) is 5.92 Å². The fourth-order valence-corrected chi connectivity index (χ4v) is 5.29. The number of fused-ring (bicyclic) bond motifs is 1. The Morgan fingerprint density at radius 3 is 2.56 bits per heavy atom. The third-order valence-corrected chi connectivity index (χ3v) is 6.81. The van der Waals surface area contributed by atoms with Crippen LogP contribution in [0.15, 0.2) is 29.3 Å². The number of ether oxygens (including phenoxy) is 2. The maximum atomic E-state index is 14.6. The molecule has 7 nitrogen and oxygen atoms in total. The van der Waals surface area contributed by atoms with Crippen LogP contribution in [0.4, 0.5) is 9.18 Å².